The first kappa shape index (κ1) is 16.5. The predicted octanol–water partition coefficient (Wildman–Crippen LogP) is 3.31. The molecule has 0 unspecified atom stereocenters. The summed E-state index contributed by atoms with van der Waals surface area (Å²) in [7, 11) is -1.49. The fraction of sp³-hybridized carbons (Fsp3) is 0.353. The van der Waals surface area contributed by atoms with Crippen LogP contribution in [0.2, 0.25) is 0 Å². The molecule has 118 valence electrons. The zero-order chi connectivity index (χ0) is 16.1. The fourth-order valence-electron chi connectivity index (χ4n) is 2.40. The molecule has 5 heteroatoms. The molecule has 0 saturated carbocycles. The van der Waals surface area contributed by atoms with Gasteiger partial charge in [-0.3, -0.25) is 9.00 Å². The Morgan fingerprint density at radius 2 is 1.82 bits per heavy atom. The normalized spacial score (nSPS) is 13.6. The second kappa shape index (κ2) is 7.40. The largest absolute Gasteiger partial charge is 0.468 e. The zero-order valence-electron chi connectivity index (χ0n) is 13.1. The number of amides is 1. The third-order valence-electron chi connectivity index (χ3n) is 3.64. The van der Waals surface area contributed by atoms with Gasteiger partial charge >= 0.3 is 0 Å². The van der Waals surface area contributed by atoms with E-state index in [1.165, 1.54) is 6.26 Å². The average Bonchev–Trinajstić information content (AvgIpc) is 2.96. The van der Waals surface area contributed by atoms with Gasteiger partial charge in [-0.1, -0.05) is 30.3 Å². The van der Waals surface area contributed by atoms with E-state index in [2.05, 4.69) is 0 Å². The molecule has 0 aliphatic heterocycles. The van der Waals surface area contributed by atoms with Gasteiger partial charge in [0.2, 0.25) is 5.91 Å². The first-order valence-electron chi connectivity index (χ1n) is 7.38. The molecular formula is C17H21NO3S. The highest BCUT2D eigenvalue weighted by atomic mass is 32.2. The summed E-state index contributed by atoms with van der Waals surface area (Å²) in [4.78, 5) is 15.1. The lowest BCUT2D eigenvalue weighted by molar-refractivity contribution is -0.130. The number of hydrogen-bond acceptors (Lipinski definition) is 3. The molecule has 1 heterocycles. The maximum absolute atomic E-state index is 13.0. The Balaban J connectivity index is 2.45. The molecule has 0 fully saturated rings. The summed E-state index contributed by atoms with van der Waals surface area (Å²) in [5, 5.41) is -0.711. The lowest BCUT2D eigenvalue weighted by Crippen LogP contribution is -2.36. The summed E-state index contributed by atoms with van der Waals surface area (Å²) in [6.07, 6.45) is 1.51. The lowest BCUT2D eigenvalue weighted by Gasteiger charge is -2.25. The van der Waals surface area contributed by atoms with Crippen molar-refractivity contribution in [2.75, 3.05) is 13.1 Å². The Morgan fingerprint density at radius 1 is 1.18 bits per heavy atom. The molecule has 0 bridgehead atoms. The molecule has 2 atom stereocenters. The van der Waals surface area contributed by atoms with Crippen LogP contribution >= 0.6 is 0 Å². The van der Waals surface area contributed by atoms with Gasteiger partial charge in [-0.15, -0.1) is 0 Å². The maximum Gasteiger partial charge on any atom is 0.243 e. The van der Waals surface area contributed by atoms with Gasteiger partial charge in [0, 0.05) is 13.1 Å². The van der Waals surface area contributed by atoms with Gasteiger partial charge in [0.25, 0.3) is 0 Å². The summed E-state index contributed by atoms with van der Waals surface area (Å²) in [6.45, 7) is 6.81. The topological polar surface area (TPSA) is 50.5 Å². The van der Waals surface area contributed by atoms with E-state index in [4.69, 9.17) is 4.42 Å². The van der Waals surface area contributed by atoms with E-state index in [1.54, 1.807) is 17.9 Å². The van der Waals surface area contributed by atoms with Crippen molar-refractivity contribution in [2.45, 2.75) is 30.9 Å². The van der Waals surface area contributed by atoms with Crippen molar-refractivity contribution in [1.82, 2.24) is 4.90 Å². The smallest absolute Gasteiger partial charge is 0.243 e. The molecule has 0 aliphatic rings. The summed E-state index contributed by atoms with van der Waals surface area (Å²) >= 11 is 0. The Morgan fingerprint density at radius 3 is 2.32 bits per heavy atom. The van der Waals surface area contributed by atoms with Gasteiger partial charge in [0.05, 0.1) is 22.0 Å². The first-order valence-corrected chi connectivity index (χ1v) is 8.59. The van der Waals surface area contributed by atoms with Crippen LogP contribution < -0.4 is 0 Å². The van der Waals surface area contributed by atoms with E-state index in [-0.39, 0.29) is 5.91 Å². The third-order valence-corrected chi connectivity index (χ3v) is 5.40. The second-order valence-electron chi connectivity index (χ2n) is 4.94. The molecule has 1 amide bonds. The Kier molecular flexibility index (Phi) is 5.55. The van der Waals surface area contributed by atoms with Gasteiger partial charge in [0.15, 0.2) is 0 Å². The van der Waals surface area contributed by atoms with Gasteiger partial charge < -0.3 is 9.32 Å². The summed E-state index contributed by atoms with van der Waals surface area (Å²) in [6, 6.07) is 11.0. The Labute approximate surface area is 133 Å². The summed E-state index contributed by atoms with van der Waals surface area (Å²) in [5.41, 5.74) is 0.762. The number of likely N-dealkylation sites (N-methyl/N-ethyl adjacent to an activating group) is 1. The van der Waals surface area contributed by atoms with Gasteiger partial charge in [-0.05, 0) is 32.4 Å². The monoisotopic (exact) mass is 319 g/mol. The molecule has 0 spiro atoms. The predicted molar refractivity (Wildman–Crippen MR) is 87.0 cm³/mol. The molecule has 1 aromatic carbocycles. The van der Waals surface area contributed by atoms with Gasteiger partial charge in [-0.25, -0.2) is 0 Å². The molecule has 22 heavy (non-hydrogen) atoms. The van der Waals surface area contributed by atoms with Crippen LogP contribution in [0.15, 0.2) is 52.0 Å². The number of nitrogens with zero attached hydrogens (tertiary/aromatic N) is 1. The number of furan rings is 1. The summed E-state index contributed by atoms with van der Waals surface area (Å²) < 4.78 is 18.3. The number of carbonyl (C=O) groups excluding carboxylic acids is 1. The first-order chi connectivity index (χ1) is 10.6. The lowest BCUT2D eigenvalue weighted by atomic mass is 10.1. The number of hydrogen-bond donors (Lipinski definition) is 0. The number of aryl methyl sites for hydroxylation is 1. The van der Waals surface area contributed by atoms with Crippen LogP contribution in [-0.4, -0.2) is 28.1 Å². The number of carbonyl (C=O) groups is 1. The highest BCUT2D eigenvalue weighted by Crippen LogP contribution is 2.29. The third kappa shape index (κ3) is 3.30. The van der Waals surface area contributed by atoms with E-state index in [1.807, 2.05) is 44.2 Å². The SMILES string of the molecule is CCN(CC)C(=O)[C@H](c1ccccc1)[S@@](=O)c1ccoc1C. The van der Waals surface area contributed by atoms with E-state index >= 15 is 0 Å². The van der Waals surface area contributed by atoms with Crippen molar-refractivity contribution in [3.63, 3.8) is 0 Å². The minimum Gasteiger partial charge on any atom is -0.468 e. The highest BCUT2D eigenvalue weighted by molar-refractivity contribution is 7.86. The van der Waals surface area contributed by atoms with Gasteiger partial charge in [0.1, 0.15) is 11.0 Å². The molecule has 2 rings (SSSR count). The van der Waals surface area contributed by atoms with E-state index in [0.717, 1.165) is 5.56 Å². The molecule has 1 aromatic heterocycles. The standard InChI is InChI=1S/C17H21NO3S/c1-4-18(5-2)17(19)16(14-9-7-6-8-10-14)22(20)15-11-12-21-13(15)3/h6-12,16H,4-5H2,1-3H3/t16-,22-/m0/s1. The molecule has 2 aromatic rings. The van der Waals surface area contributed by atoms with Crippen molar-refractivity contribution in [3.8, 4) is 0 Å². The molecule has 0 saturated heterocycles. The van der Waals surface area contributed by atoms with Crippen molar-refractivity contribution in [1.29, 1.82) is 0 Å². The number of benzene rings is 1. The van der Waals surface area contributed by atoms with Crippen molar-refractivity contribution in [2.24, 2.45) is 0 Å². The Hall–Kier alpha value is -1.88. The van der Waals surface area contributed by atoms with Crippen LogP contribution in [0.4, 0.5) is 0 Å². The van der Waals surface area contributed by atoms with E-state index in [9.17, 15) is 9.00 Å². The summed E-state index contributed by atoms with van der Waals surface area (Å²) in [5.74, 6) is 0.474. The average molecular weight is 319 g/mol. The molecule has 0 N–H and O–H groups in total. The minimum absolute atomic E-state index is 0.116. The van der Waals surface area contributed by atoms with Crippen LogP contribution in [-0.2, 0) is 15.6 Å². The van der Waals surface area contributed by atoms with Crippen LogP contribution in [0.1, 0.15) is 30.4 Å². The minimum atomic E-state index is -1.49. The van der Waals surface area contributed by atoms with Crippen LogP contribution in [0.3, 0.4) is 0 Å². The highest BCUT2D eigenvalue weighted by Gasteiger charge is 2.32. The van der Waals surface area contributed by atoms with Crippen molar-refractivity contribution < 1.29 is 13.4 Å². The van der Waals surface area contributed by atoms with Crippen LogP contribution in [0, 0.1) is 6.92 Å². The zero-order valence-corrected chi connectivity index (χ0v) is 13.9. The van der Waals surface area contributed by atoms with Crippen molar-refractivity contribution >= 4 is 16.7 Å². The van der Waals surface area contributed by atoms with Crippen molar-refractivity contribution in [3.05, 3.63) is 54.0 Å². The molecule has 0 aliphatic carbocycles. The molecule has 0 radical (unpaired) electrons. The quantitative estimate of drug-likeness (QED) is 0.821. The molecular weight excluding hydrogens is 298 g/mol. The molecule has 4 nitrogen and oxygen atoms in total. The van der Waals surface area contributed by atoms with Crippen LogP contribution in [0.25, 0.3) is 0 Å². The van der Waals surface area contributed by atoms with Crippen LogP contribution in [0.5, 0.6) is 0 Å². The second-order valence-corrected chi connectivity index (χ2v) is 6.45. The van der Waals surface area contributed by atoms with Gasteiger partial charge in [-0.2, -0.15) is 0 Å². The maximum atomic E-state index is 13.0. The van der Waals surface area contributed by atoms with E-state index in [0.29, 0.717) is 23.7 Å². The fourth-order valence-corrected chi connectivity index (χ4v) is 3.91. The Bertz CT molecular complexity index is 647. The number of rotatable bonds is 6. The van der Waals surface area contributed by atoms with E-state index < -0.39 is 16.0 Å².